The molecule has 0 saturated carbocycles. The summed E-state index contributed by atoms with van der Waals surface area (Å²) in [5.74, 6) is -0.405. The molecule has 0 aliphatic carbocycles. The lowest BCUT2D eigenvalue weighted by Crippen LogP contribution is -2.43. The van der Waals surface area contributed by atoms with E-state index in [1.54, 1.807) is 0 Å². The normalized spacial score (nSPS) is 27.5. The Morgan fingerprint density at radius 1 is 1.30 bits per heavy atom. The van der Waals surface area contributed by atoms with Gasteiger partial charge in [-0.15, -0.1) is 0 Å². The Morgan fingerprint density at radius 2 is 2.00 bits per heavy atom. The van der Waals surface area contributed by atoms with Crippen molar-refractivity contribution in [3.63, 3.8) is 0 Å². The minimum Gasteiger partial charge on any atom is -0.457 e. The Morgan fingerprint density at radius 3 is 2.55 bits per heavy atom. The average molecular weight is 290 g/mol. The van der Waals surface area contributed by atoms with Crippen LogP contribution in [-0.4, -0.2) is 58.9 Å². The molecule has 1 fully saturated rings. The van der Waals surface area contributed by atoms with Gasteiger partial charge in [-0.3, -0.25) is 4.79 Å². The lowest BCUT2D eigenvalue weighted by molar-refractivity contribution is -0.162. The second-order valence-corrected chi connectivity index (χ2v) is 5.23. The molecular formula is C14H26O6. The minimum absolute atomic E-state index is 0.0170. The minimum atomic E-state index is -1.13. The molecule has 0 unspecified atom stereocenters. The Hall–Kier alpha value is -0.690. The molecular weight excluding hydrogens is 264 g/mol. The van der Waals surface area contributed by atoms with Crippen LogP contribution in [0.4, 0.5) is 0 Å². The SMILES string of the molecule is CCCCCCCC(=O)O[C@H](CO)[C@H]1OC[C@H](O)[C@H]1O. The number of hydrogen-bond acceptors (Lipinski definition) is 6. The molecule has 6 nitrogen and oxygen atoms in total. The van der Waals surface area contributed by atoms with Crippen LogP contribution in [0.2, 0.25) is 0 Å². The molecule has 1 rings (SSSR count). The van der Waals surface area contributed by atoms with Gasteiger partial charge in [-0.1, -0.05) is 32.6 Å². The van der Waals surface area contributed by atoms with E-state index in [-0.39, 0.29) is 6.61 Å². The van der Waals surface area contributed by atoms with Gasteiger partial charge in [0.2, 0.25) is 0 Å². The van der Waals surface area contributed by atoms with Crippen LogP contribution in [0.25, 0.3) is 0 Å². The summed E-state index contributed by atoms with van der Waals surface area (Å²) in [4.78, 5) is 11.7. The second-order valence-electron chi connectivity index (χ2n) is 5.23. The number of aliphatic hydroxyl groups excluding tert-OH is 3. The third kappa shape index (κ3) is 5.36. The monoisotopic (exact) mass is 290 g/mol. The van der Waals surface area contributed by atoms with Gasteiger partial charge in [-0.05, 0) is 6.42 Å². The highest BCUT2D eigenvalue weighted by Gasteiger charge is 2.41. The van der Waals surface area contributed by atoms with Gasteiger partial charge in [-0.2, -0.15) is 0 Å². The number of esters is 1. The summed E-state index contributed by atoms with van der Waals surface area (Å²) in [5.41, 5.74) is 0. The van der Waals surface area contributed by atoms with E-state index in [1.807, 2.05) is 0 Å². The van der Waals surface area contributed by atoms with Gasteiger partial charge in [0, 0.05) is 6.42 Å². The molecule has 3 N–H and O–H groups in total. The fraction of sp³-hybridized carbons (Fsp3) is 0.929. The molecule has 0 radical (unpaired) electrons. The quantitative estimate of drug-likeness (QED) is 0.419. The van der Waals surface area contributed by atoms with Crippen LogP contribution < -0.4 is 0 Å². The van der Waals surface area contributed by atoms with E-state index in [9.17, 15) is 20.1 Å². The van der Waals surface area contributed by atoms with Crippen molar-refractivity contribution in [1.29, 1.82) is 0 Å². The zero-order valence-electron chi connectivity index (χ0n) is 12.0. The lowest BCUT2D eigenvalue weighted by Gasteiger charge is -2.23. The Bertz CT molecular complexity index is 283. The summed E-state index contributed by atoms with van der Waals surface area (Å²) in [5, 5.41) is 28.3. The van der Waals surface area contributed by atoms with Gasteiger partial charge in [0.05, 0.1) is 13.2 Å². The average Bonchev–Trinajstić information content (AvgIpc) is 2.76. The van der Waals surface area contributed by atoms with Crippen molar-refractivity contribution in [2.45, 2.75) is 69.9 Å². The largest absolute Gasteiger partial charge is 0.457 e. The highest BCUT2D eigenvalue weighted by atomic mass is 16.6. The highest BCUT2D eigenvalue weighted by molar-refractivity contribution is 5.69. The van der Waals surface area contributed by atoms with Crippen LogP contribution >= 0.6 is 0 Å². The second kappa shape index (κ2) is 9.28. The van der Waals surface area contributed by atoms with Gasteiger partial charge in [0.25, 0.3) is 0 Å². The first-order chi connectivity index (χ1) is 9.60. The number of hydrogen-bond donors (Lipinski definition) is 3. The predicted octanol–water partition coefficient (Wildman–Crippen LogP) is 0.372. The van der Waals surface area contributed by atoms with Crippen LogP contribution in [0.3, 0.4) is 0 Å². The zero-order chi connectivity index (χ0) is 15.0. The number of unbranched alkanes of at least 4 members (excludes halogenated alkanes) is 4. The van der Waals surface area contributed by atoms with Crippen LogP contribution in [0.15, 0.2) is 0 Å². The van der Waals surface area contributed by atoms with Crippen molar-refractivity contribution in [3.05, 3.63) is 0 Å². The first kappa shape index (κ1) is 17.4. The number of carbonyl (C=O) groups is 1. The van der Waals surface area contributed by atoms with Crippen molar-refractivity contribution in [2.24, 2.45) is 0 Å². The molecule has 0 aromatic rings. The Labute approximate surface area is 119 Å². The smallest absolute Gasteiger partial charge is 0.306 e. The van der Waals surface area contributed by atoms with E-state index < -0.39 is 37.0 Å². The van der Waals surface area contributed by atoms with Gasteiger partial charge in [0.15, 0.2) is 6.10 Å². The fourth-order valence-electron chi connectivity index (χ4n) is 2.26. The topological polar surface area (TPSA) is 96.2 Å². The predicted molar refractivity (Wildman–Crippen MR) is 72.1 cm³/mol. The van der Waals surface area contributed by atoms with Gasteiger partial charge in [-0.25, -0.2) is 0 Å². The Balaban J connectivity index is 2.27. The van der Waals surface area contributed by atoms with Gasteiger partial charge in [0.1, 0.15) is 18.3 Å². The van der Waals surface area contributed by atoms with E-state index in [4.69, 9.17) is 9.47 Å². The van der Waals surface area contributed by atoms with Gasteiger partial charge < -0.3 is 24.8 Å². The molecule has 1 saturated heterocycles. The maximum atomic E-state index is 11.7. The maximum absolute atomic E-state index is 11.7. The molecule has 0 aromatic heterocycles. The molecule has 118 valence electrons. The molecule has 0 amide bonds. The standard InChI is InChI=1S/C14H26O6/c1-2-3-4-5-6-7-12(17)20-11(8-15)14-13(18)10(16)9-19-14/h10-11,13-16,18H,2-9H2,1H3/t10-,11+,13+,14+/m0/s1. The summed E-state index contributed by atoms with van der Waals surface area (Å²) >= 11 is 0. The van der Waals surface area contributed by atoms with E-state index in [2.05, 4.69) is 6.92 Å². The zero-order valence-corrected chi connectivity index (χ0v) is 12.0. The summed E-state index contributed by atoms with van der Waals surface area (Å²) < 4.78 is 10.3. The van der Waals surface area contributed by atoms with Crippen LogP contribution in [0, 0.1) is 0 Å². The van der Waals surface area contributed by atoms with Crippen molar-refractivity contribution >= 4 is 5.97 Å². The summed E-state index contributed by atoms with van der Waals surface area (Å²) in [7, 11) is 0. The molecule has 0 aromatic carbocycles. The first-order valence-corrected chi connectivity index (χ1v) is 7.38. The van der Waals surface area contributed by atoms with E-state index in [1.165, 1.54) is 0 Å². The van der Waals surface area contributed by atoms with Crippen molar-refractivity contribution < 1.29 is 29.6 Å². The first-order valence-electron chi connectivity index (χ1n) is 7.38. The van der Waals surface area contributed by atoms with E-state index in [0.717, 1.165) is 32.1 Å². The molecule has 20 heavy (non-hydrogen) atoms. The van der Waals surface area contributed by atoms with Crippen LogP contribution in [-0.2, 0) is 14.3 Å². The third-order valence-electron chi connectivity index (χ3n) is 3.50. The van der Waals surface area contributed by atoms with E-state index in [0.29, 0.717) is 6.42 Å². The molecule has 0 bridgehead atoms. The van der Waals surface area contributed by atoms with Crippen LogP contribution in [0.5, 0.6) is 0 Å². The maximum Gasteiger partial charge on any atom is 0.306 e. The number of rotatable bonds is 9. The third-order valence-corrected chi connectivity index (χ3v) is 3.50. The summed E-state index contributed by atoms with van der Waals surface area (Å²) in [6.45, 7) is 1.67. The number of aliphatic hydroxyl groups is 3. The number of ether oxygens (including phenoxy) is 2. The Kier molecular flexibility index (Phi) is 8.06. The highest BCUT2D eigenvalue weighted by Crippen LogP contribution is 2.20. The molecule has 4 atom stereocenters. The summed E-state index contributed by atoms with van der Waals surface area (Å²) in [6, 6.07) is 0. The van der Waals surface area contributed by atoms with Crippen LogP contribution in [0.1, 0.15) is 45.4 Å². The van der Waals surface area contributed by atoms with Crippen molar-refractivity contribution in [3.8, 4) is 0 Å². The molecule has 0 spiro atoms. The summed E-state index contributed by atoms with van der Waals surface area (Å²) in [6.07, 6.45) is 1.53. The number of carbonyl (C=O) groups excluding carboxylic acids is 1. The fourth-order valence-corrected chi connectivity index (χ4v) is 2.26. The molecule has 1 aliphatic heterocycles. The van der Waals surface area contributed by atoms with Gasteiger partial charge >= 0.3 is 5.97 Å². The molecule has 1 heterocycles. The van der Waals surface area contributed by atoms with Crippen molar-refractivity contribution in [1.82, 2.24) is 0 Å². The van der Waals surface area contributed by atoms with E-state index >= 15 is 0 Å². The molecule has 1 aliphatic rings. The van der Waals surface area contributed by atoms with Crippen molar-refractivity contribution in [2.75, 3.05) is 13.2 Å². The molecule has 6 heteroatoms. The lowest BCUT2D eigenvalue weighted by atomic mass is 10.1.